The third-order valence-electron chi connectivity index (χ3n) is 3.48. The Kier molecular flexibility index (Phi) is 11.2. The standard InChI is InChI=1S/C20H25NO7/c1-4-6-26-8-10-28-11-9-27-7-5-21-19(23)17-12-16(15(2)22)13-18(14-17)20(24)25-3/h1,12-14H,5-11H2,2-3H3,(H,21,23). The summed E-state index contributed by atoms with van der Waals surface area (Å²) >= 11 is 0. The van der Waals surface area contributed by atoms with Gasteiger partial charge in [-0.1, -0.05) is 5.92 Å². The van der Waals surface area contributed by atoms with Gasteiger partial charge in [0.1, 0.15) is 6.61 Å². The molecule has 0 spiro atoms. The second-order valence-corrected chi connectivity index (χ2v) is 5.58. The van der Waals surface area contributed by atoms with Crippen molar-refractivity contribution in [3.8, 4) is 12.3 Å². The van der Waals surface area contributed by atoms with E-state index < -0.39 is 11.9 Å². The predicted molar refractivity (Wildman–Crippen MR) is 101 cm³/mol. The van der Waals surface area contributed by atoms with Crippen LogP contribution in [0.25, 0.3) is 0 Å². The summed E-state index contributed by atoms with van der Waals surface area (Å²) in [5.74, 6) is 1.06. The van der Waals surface area contributed by atoms with Gasteiger partial charge in [-0.15, -0.1) is 6.42 Å². The number of rotatable bonds is 13. The molecule has 28 heavy (non-hydrogen) atoms. The maximum Gasteiger partial charge on any atom is 0.337 e. The lowest BCUT2D eigenvalue weighted by Crippen LogP contribution is -2.28. The van der Waals surface area contributed by atoms with Crippen molar-refractivity contribution < 1.29 is 33.3 Å². The monoisotopic (exact) mass is 391 g/mol. The molecule has 0 aromatic heterocycles. The van der Waals surface area contributed by atoms with E-state index in [0.29, 0.717) is 33.0 Å². The van der Waals surface area contributed by atoms with E-state index >= 15 is 0 Å². The van der Waals surface area contributed by atoms with Crippen molar-refractivity contribution in [2.75, 3.05) is 53.3 Å². The number of Topliss-reactive ketones (excluding diaryl/α,β-unsaturated/α-hetero) is 1. The number of nitrogens with one attached hydrogen (secondary N) is 1. The molecule has 0 atom stereocenters. The topological polar surface area (TPSA) is 100 Å². The van der Waals surface area contributed by atoms with Gasteiger partial charge in [0.25, 0.3) is 5.91 Å². The first-order valence-corrected chi connectivity index (χ1v) is 8.68. The first-order valence-electron chi connectivity index (χ1n) is 8.68. The molecular weight excluding hydrogens is 366 g/mol. The molecule has 1 rings (SSSR count). The van der Waals surface area contributed by atoms with Crippen LogP contribution in [0.4, 0.5) is 0 Å². The van der Waals surface area contributed by atoms with Crippen LogP contribution >= 0.6 is 0 Å². The van der Waals surface area contributed by atoms with Crippen LogP contribution in [0.5, 0.6) is 0 Å². The maximum absolute atomic E-state index is 12.3. The zero-order valence-electron chi connectivity index (χ0n) is 16.1. The fourth-order valence-electron chi connectivity index (χ4n) is 2.11. The van der Waals surface area contributed by atoms with Crippen LogP contribution < -0.4 is 5.32 Å². The van der Waals surface area contributed by atoms with E-state index in [2.05, 4.69) is 16.0 Å². The Morgan fingerprint density at radius 1 is 0.929 bits per heavy atom. The minimum Gasteiger partial charge on any atom is -0.465 e. The fourth-order valence-corrected chi connectivity index (χ4v) is 2.11. The lowest BCUT2D eigenvalue weighted by Gasteiger charge is -2.09. The van der Waals surface area contributed by atoms with Crippen LogP contribution in [0.1, 0.15) is 38.0 Å². The zero-order valence-corrected chi connectivity index (χ0v) is 16.1. The van der Waals surface area contributed by atoms with Crippen molar-refractivity contribution in [3.63, 3.8) is 0 Å². The Balaban J connectivity index is 2.35. The molecule has 0 fully saturated rings. The molecule has 0 saturated carbocycles. The highest BCUT2D eigenvalue weighted by Gasteiger charge is 2.14. The molecule has 1 N–H and O–H groups in total. The van der Waals surface area contributed by atoms with Gasteiger partial charge in [-0.25, -0.2) is 4.79 Å². The number of ketones is 1. The van der Waals surface area contributed by atoms with Crippen molar-refractivity contribution in [1.29, 1.82) is 0 Å². The third kappa shape index (κ3) is 8.77. The number of esters is 1. The van der Waals surface area contributed by atoms with Crippen LogP contribution in [0, 0.1) is 12.3 Å². The SMILES string of the molecule is C#CCOCCOCCOCCNC(=O)c1cc(C(C)=O)cc(C(=O)OC)c1. The second-order valence-electron chi connectivity index (χ2n) is 5.58. The quantitative estimate of drug-likeness (QED) is 0.232. The van der Waals surface area contributed by atoms with E-state index in [1.54, 1.807) is 0 Å². The molecule has 1 amide bonds. The molecule has 0 bridgehead atoms. The molecule has 0 aliphatic carbocycles. The first kappa shape index (κ1) is 23.3. The van der Waals surface area contributed by atoms with Crippen molar-refractivity contribution >= 4 is 17.7 Å². The molecule has 8 heteroatoms. The van der Waals surface area contributed by atoms with Crippen LogP contribution in [0.3, 0.4) is 0 Å². The van der Waals surface area contributed by atoms with Gasteiger partial charge in [-0.05, 0) is 25.1 Å². The van der Waals surface area contributed by atoms with E-state index in [1.165, 1.54) is 32.2 Å². The molecule has 0 heterocycles. The summed E-state index contributed by atoms with van der Waals surface area (Å²) in [6.45, 7) is 3.80. The van der Waals surface area contributed by atoms with Gasteiger partial charge in [0.05, 0.1) is 45.7 Å². The molecule has 1 aromatic carbocycles. The van der Waals surface area contributed by atoms with Crippen LogP contribution in [-0.2, 0) is 18.9 Å². The molecule has 0 saturated heterocycles. The van der Waals surface area contributed by atoms with Gasteiger partial charge < -0.3 is 24.3 Å². The Morgan fingerprint density at radius 3 is 2.11 bits per heavy atom. The molecule has 8 nitrogen and oxygen atoms in total. The summed E-state index contributed by atoms with van der Waals surface area (Å²) in [5, 5.41) is 2.67. The average molecular weight is 391 g/mol. The Hall–Kier alpha value is -2.73. The fraction of sp³-hybridized carbons (Fsp3) is 0.450. The smallest absolute Gasteiger partial charge is 0.337 e. The maximum atomic E-state index is 12.3. The summed E-state index contributed by atoms with van der Waals surface area (Å²) in [7, 11) is 1.23. The van der Waals surface area contributed by atoms with E-state index in [4.69, 9.17) is 20.6 Å². The summed E-state index contributed by atoms with van der Waals surface area (Å²) in [5.41, 5.74) is 0.594. The van der Waals surface area contributed by atoms with Crippen molar-refractivity contribution in [2.45, 2.75) is 6.92 Å². The second kappa shape index (κ2) is 13.4. The zero-order chi connectivity index (χ0) is 20.8. The number of hydrogen-bond donors (Lipinski definition) is 1. The molecular formula is C20H25NO7. The van der Waals surface area contributed by atoms with Gasteiger partial charge in [-0.2, -0.15) is 0 Å². The molecule has 0 aliphatic rings. The highest BCUT2D eigenvalue weighted by atomic mass is 16.5. The lowest BCUT2D eigenvalue weighted by atomic mass is 10.0. The normalized spacial score (nSPS) is 10.2. The lowest BCUT2D eigenvalue weighted by molar-refractivity contribution is 0.0209. The minimum absolute atomic E-state index is 0.139. The van der Waals surface area contributed by atoms with Crippen LogP contribution in [0.2, 0.25) is 0 Å². The minimum atomic E-state index is -0.620. The summed E-state index contributed by atoms with van der Waals surface area (Å²) in [6.07, 6.45) is 5.04. The Morgan fingerprint density at radius 2 is 1.50 bits per heavy atom. The number of benzene rings is 1. The summed E-state index contributed by atoms with van der Waals surface area (Å²) < 4.78 is 20.3. The van der Waals surface area contributed by atoms with E-state index in [0.717, 1.165) is 0 Å². The number of carbonyl (C=O) groups is 3. The van der Waals surface area contributed by atoms with Crippen molar-refractivity contribution in [1.82, 2.24) is 5.32 Å². The van der Waals surface area contributed by atoms with Gasteiger partial charge in [-0.3, -0.25) is 9.59 Å². The Labute approximate surface area is 164 Å². The van der Waals surface area contributed by atoms with E-state index in [1.807, 2.05) is 0 Å². The van der Waals surface area contributed by atoms with Gasteiger partial charge in [0, 0.05) is 17.7 Å². The van der Waals surface area contributed by atoms with Gasteiger partial charge >= 0.3 is 5.97 Å². The molecule has 0 aliphatic heterocycles. The van der Waals surface area contributed by atoms with E-state index in [9.17, 15) is 14.4 Å². The number of hydrogen-bond acceptors (Lipinski definition) is 7. The number of carbonyl (C=O) groups excluding carboxylic acids is 3. The molecule has 152 valence electrons. The van der Waals surface area contributed by atoms with Gasteiger partial charge in [0.15, 0.2) is 5.78 Å². The number of ether oxygens (including phenoxy) is 4. The number of amides is 1. The van der Waals surface area contributed by atoms with Gasteiger partial charge in [0.2, 0.25) is 0 Å². The molecule has 1 aromatic rings. The largest absolute Gasteiger partial charge is 0.465 e. The highest BCUT2D eigenvalue weighted by molar-refractivity contribution is 6.03. The number of terminal acetylenes is 1. The number of methoxy groups -OCH3 is 1. The van der Waals surface area contributed by atoms with Crippen LogP contribution in [0.15, 0.2) is 18.2 Å². The summed E-state index contributed by atoms with van der Waals surface area (Å²) in [6, 6.07) is 4.21. The van der Waals surface area contributed by atoms with Crippen molar-refractivity contribution in [2.24, 2.45) is 0 Å². The molecule has 0 unspecified atom stereocenters. The molecule has 0 radical (unpaired) electrons. The average Bonchev–Trinajstić information content (AvgIpc) is 2.70. The summed E-state index contributed by atoms with van der Waals surface area (Å²) in [4.78, 5) is 35.6. The first-order chi connectivity index (χ1) is 13.5. The van der Waals surface area contributed by atoms with Crippen LogP contribution in [-0.4, -0.2) is 71.0 Å². The van der Waals surface area contributed by atoms with E-state index in [-0.39, 0.29) is 35.6 Å². The highest BCUT2D eigenvalue weighted by Crippen LogP contribution is 2.12. The predicted octanol–water partition coefficient (Wildman–Crippen LogP) is 1.09. The third-order valence-corrected chi connectivity index (χ3v) is 3.48. The Bertz CT molecular complexity index is 709. The van der Waals surface area contributed by atoms with Crippen molar-refractivity contribution in [3.05, 3.63) is 34.9 Å².